The highest BCUT2D eigenvalue weighted by Gasteiger charge is 2.33. The Labute approximate surface area is 122 Å². The third kappa shape index (κ3) is 5.93. The van der Waals surface area contributed by atoms with E-state index in [1.165, 1.54) is 4.31 Å². The van der Waals surface area contributed by atoms with Crippen LogP contribution < -0.4 is 10.5 Å². The summed E-state index contributed by atoms with van der Waals surface area (Å²) in [6.45, 7) is 7.94. The van der Waals surface area contributed by atoms with Crippen molar-refractivity contribution in [3.63, 3.8) is 0 Å². The lowest BCUT2D eigenvalue weighted by Gasteiger charge is -2.34. The third-order valence-electron chi connectivity index (χ3n) is 2.99. The molecule has 0 amide bonds. The van der Waals surface area contributed by atoms with Crippen molar-refractivity contribution < 1.29 is 13.2 Å². The van der Waals surface area contributed by atoms with Gasteiger partial charge >= 0.3 is 0 Å². The zero-order valence-corrected chi connectivity index (χ0v) is 13.5. The maximum Gasteiger partial charge on any atom is 0.280 e. The van der Waals surface area contributed by atoms with E-state index in [1.54, 1.807) is 0 Å². The average molecular weight is 316 g/mol. The summed E-state index contributed by atoms with van der Waals surface area (Å²) < 4.78 is 33.8. The fourth-order valence-corrected chi connectivity index (χ4v) is 3.78. The van der Waals surface area contributed by atoms with Gasteiger partial charge in [0.05, 0.1) is 13.2 Å². The van der Waals surface area contributed by atoms with E-state index in [-0.39, 0.29) is 19.0 Å². The van der Waals surface area contributed by atoms with Gasteiger partial charge in [0.15, 0.2) is 0 Å². The molecule has 8 heteroatoms. The Kier molecular flexibility index (Phi) is 7.79. The molecule has 1 rings (SSSR count). The number of nitrogens with two attached hydrogens (primary N) is 1. The second-order valence-electron chi connectivity index (χ2n) is 5.48. The molecular formula is C11H26ClN3O3S. The Morgan fingerprint density at radius 3 is 2.32 bits per heavy atom. The topological polar surface area (TPSA) is 84.7 Å². The standard InChI is InChI=1S/C11H25N3O3S.ClH/c1-10(2)8-11(3,9-12)13-18(15,16)14-4-6-17-7-5-14;/h10,13H,4-9,12H2,1-3H3;1H. The fourth-order valence-electron chi connectivity index (χ4n) is 2.23. The van der Waals surface area contributed by atoms with Crippen LogP contribution in [0.4, 0.5) is 0 Å². The maximum atomic E-state index is 12.2. The van der Waals surface area contributed by atoms with Gasteiger partial charge in [0.1, 0.15) is 0 Å². The SMILES string of the molecule is CC(C)CC(C)(CN)NS(=O)(=O)N1CCOCC1.Cl. The molecule has 19 heavy (non-hydrogen) atoms. The summed E-state index contributed by atoms with van der Waals surface area (Å²) >= 11 is 0. The van der Waals surface area contributed by atoms with Crippen molar-refractivity contribution in [3.8, 4) is 0 Å². The van der Waals surface area contributed by atoms with Crippen LogP contribution in [0.15, 0.2) is 0 Å². The summed E-state index contributed by atoms with van der Waals surface area (Å²) in [6.07, 6.45) is 0.715. The van der Waals surface area contributed by atoms with E-state index in [9.17, 15) is 8.42 Å². The highest BCUT2D eigenvalue weighted by Crippen LogP contribution is 2.17. The predicted molar refractivity (Wildman–Crippen MR) is 78.6 cm³/mol. The van der Waals surface area contributed by atoms with Crippen LogP contribution in [0.3, 0.4) is 0 Å². The molecule has 0 aromatic rings. The summed E-state index contributed by atoms with van der Waals surface area (Å²) in [5.41, 5.74) is 5.13. The zero-order chi connectivity index (χ0) is 13.8. The Hall–Kier alpha value is 0.0800. The number of nitrogens with one attached hydrogen (secondary N) is 1. The molecule has 3 N–H and O–H groups in total. The van der Waals surface area contributed by atoms with Gasteiger partial charge in [-0.25, -0.2) is 0 Å². The Morgan fingerprint density at radius 2 is 1.89 bits per heavy atom. The maximum absolute atomic E-state index is 12.2. The Bertz CT molecular complexity index is 358. The van der Waals surface area contributed by atoms with E-state index in [1.807, 2.05) is 6.92 Å². The second-order valence-corrected chi connectivity index (χ2v) is 7.15. The molecule has 1 unspecified atom stereocenters. The Morgan fingerprint density at radius 1 is 1.37 bits per heavy atom. The van der Waals surface area contributed by atoms with Gasteiger partial charge in [0, 0.05) is 25.2 Å². The minimum Gasteiger partial charge on any atom is -0.379 e. The molecule has 0 radical (unpaired) electrons. The normalized spacial score (nSPS) is 20.9. The van der Waals surface area contributed by atoms with Crippen molar-refractivity contribution in [2.45, 2.75) is 32.7 Å². The van der Waals surface area contributed by atoms with E-state index in [0.29, 0.717) is 38.6 Å². The van der Waals surface area contributed by atoms with Gasteiger partial charge in [-0.2, -0.15) is 17.4 Å². The van der Waals surface area contributed by atoms with Crippen LogP contribution in [-0.2, 0) is 14.9 Å². The van der Waals surface area contributed by atoms with E-state index in [2.05, 4.69) is 18.6 Å². The van der Waals surface area contributed by atoms with Crippen LogP contribution in [0.2, 0.25) is 0 Å². The van der Waals surface area contributed by atoms with Gasteiger partial charge in [-0.3, -0.25) is 0 Å². The van der Waals surface area contributed by atoms with Crippen molar-refractivity contribution in [2.24, 2.45) is 11.7 Å². The number of morpholine rings is 1. The molecule has 1 aliphatic rings. The summed E-state index contributed by atoms with van der Waals surface area (Å²) in [6, 6.07) is 0. The number of hydrogen-bond donors (Lipinski definition) is 2. The minimum absolute atomic E-state index is 0. The highest BCUT2D eigenvalue weighted by atomic mass is 35.5. The van der Waals surface area contributed by atoms with Crippen LogP contribution in [0.5, 0.6) is 0 Å². The molecule has 6 nitrogen and oxygen atoms in total. The van der Waals surface area contributed by atoms with Gasteiger partial charge in [-0.15, -0.1) is 12.4 Å². The lowest BCUT2D eigenvalue weighted by molar-refractivity contribution is 0.0719. The molecule has 1 fully saturated rings. The minimum atomic E-state index is -3.48. The van der Waals surface area contributed by atoms with Gasteiger partial charge < -0.3 is 10.5 Å². The van der Waals surface area contributed by atoms with Crippen molar-refractivity contribution in [1.82, 2.24) is 9.03 Å². The van der Waals surface area contributed by atoms with Crippen molar-refractivity contribution in [3.05, 3.63) is 0 Å². The van der Waals surface area contributed by atoms with Crippen molar-refractivity contribution in [1.29, 1.82) is 0 Å². The van der Waals surface area contributed by atoms with Crippen LogP contribution in [-0.4, -0.2) is 51.1 Å². The number of rotatable bonds is 6. The van der Waals surface area contributed by atoms with E-state index >= 15 is 0 Å². The first-order chi connectivity index (χ1) is 8.29. The first-order valence-electron chi connectivity index (χ1n) is 6.36. The van der Waals surface area contributed by atoms with Crippen LogP contribution in [0, 0.1) is 5.92 Å². The van der Waals surface area contributed by atoms with Crippen molar-refractivity contribution >= 4 is 22.6 Å². The zero-order valence-electron chi connectivity index (χ0n) is 11.9. The smallest absolute Gasteiger partial charge is 0.280 e. The van der Waals surface area contributed by atoms with Gasteiger partial charge in [-0.1, -0.05) is 13.8 Å². The lowest BCUT2D eigenvalue weighted by atomic mass is 9.92. The highest BCUT2D eigenvalue weighted by molar-refractivity contribution is 7.87. The molecule has 1 atom stereocenters. The molecule has 1 heterocycles. The van der Waals surface area contributed by atoms with Crippen LogP contribution in [0.1, 0.15) is 27.2 Å². The molecule has 0 saturated carbocycles. The van der Waals surface area contributed by atoms with Gasteiger partial charge in [0.25, 0.3) is 10.2 Å². The van der Waals surface area contributed by atoms with Crippen LogP contribution >= 0.6 is 12.4 Å². The summed E-state index contributed by atoms with van der Waals surface area (Å²) in [4.78, 5) is 0. The van der Waals surface area contributed by atoms with Gasteiger partial charge in [-0.05, 0) is 19.3 Å². The summed E-state index contributed by atoms with van der Waals surface area (Å²) in [5.74, 6) is 0.380. The number of ether oxygens (including phenoxy) is 1. The largest absolute Gasteiger partial charge is 0.379 e. The molecule has 0 bridgehead atoms. The molecule has 0 aromatic heterocycles. The first-order valence-corrected chi connectivity index (χ1v) is 7.80. The molecule has 1 saturated heterocycles. The molecule has 1 aliphatic heterocycles. The average Bonchev–Trinajstić information content (AvgIpc) is 2.28. The molecule has 0 spiro atoms. The number of hydrogen-bond acceptors (Lipinski definition) is 4. The molecule has 0 aromatic carbocycles. The quantitative estimate of drug-likeness (QED) is 0.740. The van der Waals surface area contributed by atoms with Crippen molar-refractivity contribution in [2.75, 3.05) is 32.8 Å². The summed E-state index contributed by atoms with van der Waals surface area (Å²) in [5, 5.41) is 0. The van der Waals surface area contributed by atoms with Crippen LogP contribution in [0.25, 0.3) is 0 Å². The Balaban J connectivity index is 0.00000324. The monoisotopic (exact) mass is 315 g/mol. The predicted octanol–water partition coefficient (Wildman–Crippen LogP) is 0.338. The van der Waals surface area contributed by atoms with E-state index in [0.717, 1.165) is 0 Å². The molecule has 0 aliphatic carbocycles. The molecule has 116 valence electrons. The van der Waals surface area contributed by atoms with E-state index in [4.69, 9.17) is 10.5 Å². The van der Waals surface area contributed by atoms with Gasteiger partial charge in [0.2, 0.25) is 0 Å². The first kappa shape index (κ1) is 19.1. The molecular weight excluding hydrogens is 290 g/mol. The van der Waals surface area contributed by atoms with E-state index < -0.39 is 15.7 Å². The number of nitrogens with zero attached hydrogens (tertiary/aromatic N) is 1. The fraction of sp³-hybridized carbons (Fsp3) is 1.00. The third-order valence-corrected chi connectivity index (χ3v) is 4.79. The summed E-state index contributed by atoms with van der Waals surface area (Å²) in [7, 11) is -3.48. The lowest BCUT2D eigenvalue weighted by Crippen LogP contribution is -2.57. The number of halogens is 1. The second kappa shape index (κ2) is 7.75.